The summed E-state index contributed by atoms with van der Waals surface area (Å²) in [6.07, 6.45) is 4.48. The fourth-order valence-corrected chi connectivity index (χ4v) is 2.90. The van der Waals surface area contributed by atoms with Crippen LogP contribution in [0.2, 0.25) is 0 Å². The molecule has 1 fully saturated rings. The third-order valence-electron chi connectivity index (χ3n) is 4.37. The van der Waals surface area contributed by atoms with E-state index in [1.807, 2.05) is 0 Å². The number of rotatable bonds is 7. The molecule has 1 aliphatic rings. The van der Waals surface area contributed by atoms with Crippen molar-refractivity contribution in [3.05, 3.63) is 0 Å². The lowest BCUT2D eigenvalue weighted by atomic mass is 9.68. The lowest BCUT2D eigenvalue weighted by Crippen LogP contribution is -2.46. The summed E-state index contributed by atoms with van der Waals surface area (Å²) in [7, 11) is 0. The monoisotopic (exact) mass is 273 g/mol. The molecule has 114 valence electrons. The van der Waals surface area contributed by atoms with Crippen molar-refractivity contribution in [2.75, 3.05) is 33.0 Å². The Morgan fingerprint density at radius 2 is 1.79 bits per heavy atom. The number of ether oxygens (including phenoxy) is 2. The molecule has 0 bridgehead atoms. The van der Waals surface area contributed by atoms with E-state index in [-0.39, 0.29) is 12.2 Å². The average molecular weight is 273 g/mol. The summed E-state index contributed by atoms with van der Waals surface area (Å²) in [6, 6.07) is 0. The third kappa shape index (κ3) is 5.38. The van der Waals surface area contributed by atoms with E-state index in [1.54, 1.807) is 0 Å². The van der Waals surface area contributed by atoms with Gasteiger partial charge >= 0.3 is 0 Å². The number of nitrogens with two attached hydrogens (primary N) is 1. The number of hydrogen-bond acceptors (Lipinski definition) is 4. The number of aliphatic hydroxyl groups is 1. The Bertz CT molecular complexity index is 242. The summed E-state index contributed by atoms with van der Waals surface area (Å²) in [5, 5.41) is 8.63. The fraction of sp³-hybridized carbons (Fsp3) is 1.00. The van der Waals surface area contributed by atoms with Gasteiger partial charge in [0, 0.05) is 6.54 Å². The Balaban J connectivity index is 2.34. The van der Waals surface area contributed by atoms with Crippen LogP contribution in [0.15, 0.2) is 0 Å². The molecule has 0 unspecified atom stereocenters. The molecular weight excluding hydrogens is 242 g/mol. The van der Waals surface area contributed by atoms with Crippen molar-refractivity contribution in [2.45, 2.75) is 52.1 Å². The molecule has 4 nitrogen and oxygen atoms in total. The molecule has 0 amide bonds. The summed E-state index contributed by atoms with van der Waals surface area (Å²) < 4.78 is 11.2. The molecular formula is C15H31NO3. The number of hydrogen-bond donors (Lipinski definition) is 2. The molecule has 1 saturated carbocycles. The molecule has 4 heteroatoms. The van der Waals surface area contributed by atoms with Crippen LogP contribution in [0.1, 0.15) is 46.5 Å². The van der Waals surface area contributed by atoms with Gasteiger partial charge in [0.05, 0.1) is 32.0 Å². The fourth-order valence-electron chi connectivity index (χ4n) is 2.90. The SMILES string of the molecule is CC(C)(C)C1CCC(CN)(OCCOCCO)CC1. The van der Waals surface area contributed by atoms with Gasteiger partial charge in [-0.25, -0.2) is 0 Å². The molecule has 1 aliphatic carbocycles. The van der Waals surface area contributed by atoms with E-state index in [1.165, 1.54) is 12.8 Å². The standard InChI is InChI=1S/C15H31NO3/c1-14(2,3)13-4-6-15(12-16,7-5-13)19-11-10-18-9-8-17/h13,17H,4-12,16H2,1-3H3. The molecule has 3 N–H and O–H groups in total. The smallest absolute Gasteiger partial charge is 0.0805 e. The first-order chi connectivity index (χ1) is 8.93. The van der Waals surface area contributed by atoms with Crippen molar-refractivity contribution >= 4 is 0 Å². The van der Waals surface area contributed by atoms with Gasteiger partial charge in [-0.1, -0.05) is 20.8 Å². The first-order valence-corrected chi connectivity index (χ1v) is 7.46. The topological polar surface area (TPSA) is 64.7 Å². The van der Waals surface area contributed by atoms with Crippen molar-refractivity contribution in [1.29, 1.82) is 0 Å². The minimum absolute atomic E-state index is 0.0648. The van der Waals surface area contributed by atoms with Crippen LogP contribution in [0.3, 0.4) is 0 Å². The maximum absolute atomic E-state index is 8.63. The summed E-state index contributed by atoms with van der Waals surface area (Å²) >= 11 is 0. The molecule has 0 aromatic rings. The average Bonchev–Trinajstić information content (AvgIpc) is 2.38. The molecule has 0 spiro atoms. The normalized spacial score (nSPS) is 28.6. The van der Waals surface area contributed by atoms with Gasteiger partial charge in [0.15, 0.2) is 0 Å². The van der Waals surface area contributed by atoms with Gasteiger partial charge in [0.1, 0.15) is 0 Å². The van der Waals surface area contributed by atoms with Crippen LogP contribution in [-0.4, -0.2) is 43.7 Å². The molecule has 0 heterocycles. The second-order valence-electron chi connectivity index (χ2n) is 6.71. The van der Waals surface area contributed by atoms with Gasteiger partial charge < -0.3 is 20.3 Å². The lowest BCUT2D eigenvalue weighted by Gasteiger charge is -2.43. The predicted molar refractivity (Wildman–Crippen MR) is 77.1 cm³/mol. The van der Waals surface area contributed by atoms with E-state index in [0.717, 1.165) is 18.8 Å². The zero-order chi connectivity index (χ0) is 14.4. The second kappa shape index (κ2) is 7.58. The van der Waals surface area contributed by atoms with E-state index < -0.39 is 0 Å². The van der Waals surface area contributed by atoms with Crippen LogP contribution < -0.4 is 5.73 Å². The highest BCUT2D eigenvalue weighted by Crippen LogP contribution is 2.42. The summed E-state index contributed by atoms with van der Waals surface area (Å²) in [4.78, 5) is 0. The quantitative estimate of drug-likeness (QED) is 0.696. The van der Waals surface area contributed by atoms with Crippen molar-refractivity contribution in [3.8, 4) is 0 Å². The summed E-state index contributed by atoms with van der Waals surface area (Å²) in [6.45, 7) is 9.08. The van der Waals surface area contributed by atoms with Gasteiger partial charge in [-0.2, -0.15) is 0 Å². The minimum atomic E-state index is -0.148. The predicted octanol–water partition coefficient (Wildman–Crippen LogP) is 1.95. The van der Waals surface area contributed by atoms with Gasteiger partial charge in [-0.3, -0.25) is 0 Å². The van der Waals surface area contributed by atoms with E-state index in [0.29, 0.717) is 31.8 Å². The molecule has 0 aromatic carbocycles. The Morgan fingerprint density at radius 3 is 2.26 bits per heavy atom. The van der Waals surface area contributed by atoms with Gasteiger partial charge in [-0.15, -0.1) is 0 Å². The molecule has 1 rings (SSSR count). The Hall–Kier alpha value is -0.160. The van der Waals surface area contributed by atoms with Gasteiger partial charge in [-0.05, 0) is 37.0 Å². The third-order valence-corrected chi connectivity index (χ3v) is 4.37. The lowest BCUT2D eigenvalue weighted by molar-refractivity contribution is -0.0960. The van der Waals surface area contributed by atoms with E-state index in [4.69, 9.17) is 20.3 Å². The van der Waals surface area contributed by atoms with Crippen LogP contribution >= 0.6 is 0 Å². The van der Waals surface area contributed by atoms with Crippen LogP contribution in [-0.2, 0) is 9.47 Å². The van der Waals surface area contributed by atoms with Gasteiger partial charge in [0.25, 0.3) is 0 Å². The van der Waals surface area contributed by atoms with Crippen molar-refractivity contribution < 1.29 is 14.6 Å². The largest absolute Gasteiger partial charge is 0.394 e. The van der Waals surface area contributed by atoms with Crippen LogP contribution in [0.5, 0.6) is 0 Å². The highest BCUT2D eigenvalue weighted by Gasteiger charge is 2.38. The Morgan fingerprint density at radius 1 is 1.16 bits per heavy atom. The van der Waals surface area contributed by atoms with Crippen molar-refractivity contribution in [3.63, 3.8) is 0 Å². The van der Waals surface area contributed by atoms with E-state index in [9.17, 15) is 0 Å². The molecule has 0 saturated heterocycles. The van der Waals surface area contributed by atoms with Crippen LogP contribution in [0, 0.1) is 11.3 Å². The highest BCUT2D eigenvalue weighted by molar-refractivity contribution is 4.91. The first kappa shape index (κ1) is 16.9. The molecule has 0 radical (unpaired) electrons. The zero-order valence-corrected chi connectivity index (χ0v) is 12.8. The second-order valence-corrected chi connectivity index (χ2v) is 6.71. The van der Waals surface area contributed by atoms with Crippen LogP contribution in [0.4, 0.5) is 0 Å². The molecule has 0 atom stereocenters. The molecule has 0 aliphatic heterocycles. The minimum Gasteiger partial charge on any atom is -0.394 e. The highest BCUT2D eigenvalue weighted by atomic mass is 16.5. The maximum atomic E-state index is 8.63. The van der Waals surface area contributed by atoms with Gasteiger partial charge in [0.2, 0.25) is 0 Å². The Labute approximate surface area is 117 Å². The number of aliphatic hydroxyl groups excluding tert-OH is 1. The van der Waals surface area contributed by atoms with E-state index in [2.05, 4.69) is 20.8 Å². The summed E-state index contributed by atoms with van der Waals surface area (Å²) in [5.41, 5.74) is 6.16. The first-order valence-electron chi connectivity index (χ1n) is 7.46. The van der Waals surface area contributed by atoms with E-state index >= 15 is 0 Å². The van der Waals surface area contributed by atoms with Crippen molar-refractivity contribution in [2.24, 2.45) is 17.1 Å². The Kier molecular flexibility index (Phi) is 6.74. The maximum Gasteiger partial charge on any atom is 0.0805 e. The zero-order valence-electron chi connectivity index (χ0n) is 12.8. The molecule has 0 aromatic heterocycles. The molecule has 19 heavy (non-hydrogen) atoms. The van der Waals surface area contributed by atoms with Crippen LogP contribution in [0.25, 0.3) is 0 Å². The summed E-state index contributed by atoms with van der Waals surface area (Å²) in [5.74, 6) is 0.765. The van der Waals surface area contributed by atoms with Crippen molar-refractivity contribution in [1.82, 2.24) is 0 Å².